The van der Waals surface area contributed by atoms with Crippen molar-refractivity contribution in [2.24, 2.45) is 0 Å². The minimum atomic E-state index is -0.0482. The lowest BCUT2D eigenvalue weighted by Crippen LogP contribution is -2.36. The molecule has 170 valence electrons. The van der Waals surface area contributed by atoms with Crippen LogP contribution in [0.1, 0.15) is 16.8 Å². The number of carbonyl (C=O) groups is 1. The Kier molecular flexibility index (Phi) is 4.92. The lowest BCUT2D eigenvalue weighted by Gasteiger charge is -2.13. The monoisotopic (exact) mass is 452 g/mol. The number of hydrogen-bond acceptors (Lipinski definition) is 5. The van der Waals surface area contributed by atoms with E-state index in [1.54, 1.807) is 12.4 Å². The average molecular weight is 453 g/mol. The second kappa shape index (κ2) is 8.24. The molecule has 2 aromatic carbocycles. The number of H-pyrrole nitrogens is 1. The molecule has 1 aliphatic rings. The van der Waals surface area contributed by atoms with Crippen LogP contribution in [0.5, 0.6) is 5.88 Å². The van der Waals surface area contributed by atoms with E-state index < -0.39 is 0 Å². The van der Waals surface area contributed by atoms with E-state index in [-0.39, 0.29) is 17.8 Å². The highest BCUT2D eigenvalue weighted by molar-refractivity contribution is 5.95. The van der Waals surface area contributed by atoms with Crippen LogP contribution in [0.15, 0.2) is 73.2 Å². The quantitative estimate of drug-likeness (QED) is 0.277. The van der Waals surface area contributed by atoms with Gasteiger partial charge in [-0.1, -0.05) is 6.07 Å². The van der Waals surface area contributed by atoms with Crippen molar-refractivity contribution in [1.29, 1.82) is 0 Å². The van der Waals surface area contributed by atoms with Crippen LogP contribution in [0.3, 0.4) is 0 Å². The Labute approximate surface area is 195 Å². The van der Waals surface area contributed by atoms with Gasteiger partial charge in [0.05, 0.1) is 11.4 Å². The molecule has 0 aliphatic carbocycles. The van der Waals surface area contributed by atoms with Crippen LogP contribution in [-0.2, 0) is 0 Å². The largest absolute Gasteiger partial charge is 0.494 e. The number of aromatic hydroxyl groups is 1. The maximum absolute atomic E-state index is 12.5. The molecule has 34 heavy (non-hydrogen) atoms. The Morgan fingerprint density at radius 1 is 1.12 bits per heavy atom. The number of amides is 1. The number of nitrogens with zero attached hydrogens (tertiary/aromatic N) is 2. The van der Waals surface area contributed by atoms with Crippen LogP contribution in [-0.4, -0.2) is 44.5 Å². The molecule has 1 atom stereocenters. The average Bonchev–Trinajstić information content (AvgIpc) is 3.62. The highest BCUT2D eigenvalue weighted by atomic mass is 16.3. The number of nitrogens with one attached hydrogen (secondary N) is 4. The fourth-order valence-electron chi connectivity index (χ4n) is 4.54. The molecular weight excluding hydrogens is 428 g/mol. The molecule has 1 aliphatic heterocycles. The summed E-state index contributed by atoms with van der Waals surface area (Å²) in [7, 11) is 0. The Morgan fingerprint density at radius 3 is 2.82 bits per heavy atom. The normalized spacial score (nSPS) is 15.7. The van der Waals surface area contributed by atoms with Gasteiger partial charge in [-0.15, -0.1) is 0 Å². The minimum Gasteiger partial charge on any atom is -0.494 e. The number of benzene rings is 2. The van der Waals surface area contributed by atoms with Crippen molar-refractivity contribution >= 4 is 33.7 Å². The van der Waals surface area contributed by atoms with Gasteiger partial charge in [0.25, 0.3) is 5.91 Å². The van der Waals surface area contributed by atoms with E-state index in [1.807, 2.05) is 65.2 Å². The highest BCUT2D eigenvalue weighted by Crippen LogP contribution is 2.31. The van der Waals surface area contributed by atoms with Crippen LogP contribution >= 0.6 is 0 Å². The molecule has 1 saturated heterocycles. The van der Waals surface area contributed by atoms with E-state index in [4.69, 9.17) is 0 Å². The molecule has 4 heterocycles. The van der Waals surface area contributed by atoms with Gasteiger partial charge < -0.3 is 26.0 Å². The van der Waals surface area contributed by atoms with Crippen molar-refractivity contribution in [3.8, 4) is 17.1 Å². The summed E-state index contributed by atoms with van der Waals surface area (Å²) in [5, 5.41) is 21.4. The molecule has 0 saturated carbocycles. The maximum Gasteiger partial charge on any atom is 0.251 e. The van der Waals surface area contributed by atoms with Gasteiger partial charge in [0.2, 0.25) is 0 Å². The summed E-state index contributed by atoms with van der Waals surface area (Å²) < 4.78 is 2.04. The number of fused-ring (bicyclic) bond motifs is 2. The molecule has 1 amide bonds. The zero-order chi connectivity index (χ0) is 23.1. The second-order valence-corrected chi connectivity index (χ2v) is 8.56. The SMILES string of the molecule is O=C(NC1CCNC1)c1ccc(Nc2ccc(-c3ccc4c(O)[nH]cc4c3)n3ccnc23)cc1. The second-order valence-electron chi connectivity index (χ2n) is 8.56. The standard InChI is InChI=1S/C26H24N6O2/c33-25(31-20-9-10-27-15-20)16-1-4-19(5-2-16)30-22-7-8-23(32-12-11-28-24(22)32)17-3-6-21-18(13-17)14-29-26(21)34/h1-8,11-14,20,27,29-30,34H,9-10,15H2,(H,31,33). The third-order valence-electron chi connectivity index (χ3n) is 6.34. The highest BCUT2D eigenvalue weighted by Gasteiger charge is 2.17. The maximum atomic E-state index is 12.5. The minimum absolute atomic E-state index is 0.0482. The van der Waals surface area contributed by atoms with Crippen molar-refractivity contribution in [3.63, 3.8) is 0 Å². The first kappa shape index (κ1) is 20.3. The molecule has 6 rings (SSSR count). The van der Waals surface area contributed by atoms with Gasteiger partial charge in [0, 0.05) is 53.2 Å². The molecule has 3 aromatic heterocycles. The van der Waals surface area contributed by atoms with Gasteiger partial charge in [-0.25, -0.2) is 4.98 Å². The van der Waals surface area contributed by atoms with Crippen molar-refractivity contribution in [2.45, 2.75) is 12.5 Å². The van der Waals surface area contributed by atoms with Gasteiger partial charge in [0.1, 0.15) is 0 Å². The van der Waals surface area contributed by atoms with Crippen LogP contribution < -0.4 is 16.0 Å². The third kappa shape index (κ3) is 3.64. The molecule has 1 unspecified atom stereocenters. The zero-order valence-corrected chi connectivity index (χ0v) is 18.4. The summed E-state index contributed by atoms with van der Waals surface area (Å²) in [5.41, 5.74) is 5.20. The number of pyridine rings is 1. The lowest BCUT2D eigenvalue weighted by molar-refractivity contribution is 0.0940. The van der Waals surface area contributed by atoms with Gasteiger partial charge in [-0.2, -0.15) is 0 Å². The number of aromatic amines is 1. The van der Waals surface area contributed by atoms with Gasteiger partial charge in [0.15, 0.2) is 11.5 Å². The topological polar surface area (TPSA) is 106 Å². The lowest BCUT2D eigenvalue weighted by atomic mass is 10.1. The van der Waals surface area contributed by atoms with E-state index in [9.17, 15) is 9.90 Å². The van der Waals surface area contributed by atoms with E-state index in [0.29, 0.717) is 5.56 Å². The van der Waals surface area contributed by atoms with Crippen molar-refractivity contribution in [1.82, 2.24) is 25.0 Å². The van der Waals surface area contributed by atoms with E-state index in [0.717, 1.165) is 58.6 Å². The summed E-state index contributed by atoms with van der Waals surface area (Å²) >= 11 is 0. The van der Waals surface area contributed by atoms with Crippen LogP contribution in [0.4, 0.5) is 11.4 Å². The van der Waals surface area contributed by atoms with Gasteiger partial charge >= 0.3 is 0 Å². The number of hydrogen-bond donors (Lipinski definition) is 5. The Balaban J connectivity index is 1.25. The first-order valence-electron chi connectivity index (χ1n) is 11.3. The Hall–Kier alpha value is -4.30. The van der Waals surface area contributed by atoms with Crippen LogP contribution in [0.25, 0.3) is 27.7 Å². The van der Waals surface area contributed by atoms with Crippen LogP contribution in [0.2, 0.25) is 0 Å². The summed E-state index contributed by atoms with van der Waals surface area (Å²) in [4.78, 5) is 19.9. The predicted octanol–water partition coefficient (Wildman–Crippen LogP) is 4.02. The molecule has 5 N–H and O–H groups in total. The molecule has 0 spiro atoms. The first-order chi connectivity index (χ1) is 16.7. The number of imidazole rings is 1. The predicted molar refractivity (Wildman–Crippen MR) is 133 cm³/mol. The van der Waals surface area contributed by atoms with Gasteiger partial charge in [-0.3, -0.25) is 9.20 Å². The summed E-state index contributed by atoms with van der Waals surface area (Å²) in [6, 6.07) is 17.7. The van der Waals surface area contributed by atoms with E-state index in [2.05, 4.69) is 25.9 Å². The fraction of sp³-hybridized carbons (Fsp3) is 0.154. The van der Waals surface area contributed by atoms with Gasteiger partial charge in [-0.05, 0) is 67.1 Å². The molecule has 0 radical (unpaired) electrons. The fourth-order valence-corrected chi connectivity index (χ4v) is 4.54. The number of rotatable bonds is 5. The van der Waals surface area contributed by atoms with E-state index >= 15 is 0 Å². The summed E-state index contributed by atoms with van der Waals surface area (Å²) in [5.74, 6) is 0.126. The van der Waals surface area contributed by atoms with Crippen LogP contribution in [0, 0.1) is 0 Å². The van der Waals surface area contributed by atoms with E-state index in [1.165, 1.54) is 0 Å². The molecule has 1 fully saturated rings. The van der Waals surface area contributed by atoms with Crippen molar-refractivity contribution in [3.05, 3.63) is 78.8 Å². The Morgan fingerprint density at radius 2 is 2.00 bits per heavy atom. The number of carbonyl (C=O) groups excluding carboxylic acids is 1. The molecule has 0 bridgehead atoms. The zero-order valence-electron chi connectivity index (χ0n) is 18.4. The molecular formula is C26H24N6O2. The number of aromatic nitrogens is 3. The summed E-state index contributed by atoms with van der Waals surface area (Å²) in [6.45, 7) is 1.77. The smallest absolute Gasteiger partial charge is 0.251 e. The third-order valence-corrected chi connectivity index (χ3v) is 6.34. The van der Waals surface area contributed by atoms with Crippen molar-refractivity contribution in [2.75, 3.05) is 18.4 Å². The molecule has 8 heteroatoms. The number of anilines is 2. The van der Waals surface area contributed by atoms with Crippen molar-refractivity contribution < 1.29 is 9.90 Å². The molecule has 5 aromatic rings. The Bertz CT molecular complexity index is 1500. The summed E-state index contributed by atoms with van der Waals surface area (Å²) in [6.07, 6.45) is 6.46. The first-order valence-corrected chi connectivity index (χ1v) is 11.3. The molecule has 8 nitrogen and oxygen atoms in total.